The van der Waals surface area contributed by atoms with E-state index < -0.39 is 4.83 Å². The summed E-state index contributed by atoms with van der Waals surface area (Å²) in [5.74, 6) is 0.511. The summed E-state index contributed by atoms with van der Waals surface area (Å²) < 4.78 is 10.1. The summed E-state index contributed by atoms with van der Waals surface area (Å²) in [4.78, 5) is 10.9. The Morgan fingerprint density at radius 3 is 2.50 bits per heavy atom. The van der Waals surface area contributed by atoms with Crippen LogP contribution in [0.1, 0.15) is 23.7 Å². The molecule has 0 spiro atoms. The molecule has 0 aliphatic heterocycles. The second-order valence-corrected chi connectivity index (χ2v) is 4.22. The zero-order chi connectivity index (χ0) is 12.0. The average Bonchev–Trinajstić information content (AvgIpc) is 2.35. The molecular formula is C12H15BrO3. The molecule has 0 fully saturated rings. The Labute approximate surface area is 104 Å². The fraction of sp³-hybridized carbons (Fsp3) is 0.417. The quantitative estimate of drug-likeness (QED) is 0.616. The number of benzene rings is 1. The number of carbonyl (C=O) groups excluding carboxylic acids is 1. The Balaban J connectivity index is 2.67. The minimum atomic E-state index is -0.419. The summed E-state index contributed by atoms with van der Waals surface area (Å²) >= 11 is 3.27. The van der Waals surface area contributed by atoms with Crippen molar-refractivity contribution in [3.8, 4) is 5.75 Å². The predicted molar refractivity (Wildman–Crippen MR) is 65.9 cm³/mol. The van der Waals surface area contributed by atoms with Crippen LogP contribution < -0.4 is 4.74 Å². The van der Waals surface area contributed by atoms with E-state index >= 15 is 0 Å². The summed E-state index contributed by atoms with van der Waals surface area (Å²) in [7, 11) is 1.37. The second-order valence-electron chi connectivity index (χ2n) is 3.30. The van der Waals surface area contributed by atoms with Crippen LogP contribution >= 0.6 is 15.9 Å². The summed E-state index contributed by atoms with van der Waals surface area (Å²) in [6, 6.07) is 7.40. The van der Waals surface area contributed by atoms with Crippen molar-refractivity contribution < 1.29 is 14.3 Å². The maximum Gasteiger partial charge on any atom is 0.323 e. The van der Waals surface area contributed by atoms with Crippen LogP contribution in [0.15, 0.2) is 24.3 Å². The van der Waals surface area contributed by atoms with Crippen LogP contribution in [0, 0.1) is 0 Å². The third kappa shape index (κ3) is 3.52. The van der Waals surface area contributed by atoms with Gasteiger partial charge in [0, 0.05) is 0 Å². The molecule has 0 heterocycles. The first-order valence-electron chi connectivity index (χ1n) is 5.13. The molecule has 0 N–H and O–H groups in total. The minimum Gasteiger partial charge on any atom is -0.494 e. The molecule has 1 atom stereocenters. The smallest absolute Gasteiger partial charge is 0.323 e. The maximum absolute atomic E-state index is 11.3. The molecule has 16 heavy (non-hydrogen) atoms. The van der Waals surface area contributed by atoms with Gasteiger partial charge in [-0.25, -0.2) is 0 Å². The van der Waals surface area contributed by atoms with Gasteiger partial charge in [-0.1, -0.05) is 35.0 Å². The average molecular weight is 287 g/mol. The van der Waals surface area contributed by atoms with Gasteiger partial charge in [-0.2, -0.15) is 0 Å². The molecule has 0 aliphatic carbocycles. The highest BCUT2D eigenvalue weighted by Crippen LogP contribution is 2.25. The van der Waals surface area contributed by atoms with Crippen LogP contribution in [0.3, 0.4) is 0 Å². The molecule has 1 unspecified atom stereocenters. The molecular weight excluding hydrogens is 272 g/mol. The Morgan fingerprint density at radius 1 is 1.38 bits per heavy atom. The molecule has 1 aromatic carbocycles. The number of methoxy groups -OCH3 is 1. The number of halogens is 1. The second kappa shape index (κ2) is 6.53. The monoisotopic (exact) mass is 286 g/mol. The molecule has 1 rings (SSSR count). The van der Waals surface area contributed by atoms with Crippen LogP contribution in [-0.2, 0) is 9.53 Å². The number of carbonyl (C=O) groups is 1. The molecule has 0 bridgehead atoms. The normalized spacial score (nSPS) is 11.9. The molecule has 4 heteroatoms. The molecule has 0 saturated carbocycles. The number of rotatable bonds is 5. The van der Waals surface area contributed by atoms with Crippen LogP contribution in [0.25, 0.3) is 0 Å². The van der Waals surface area contributed by atoms with E-state index in [4.69, 9.17) is 4.74 Å². The van der Waals surface area contributed by atoms with Gasteiger partial charge in [0.15, 0.2) is 0 Å². The summed E-state index contributed by atoms with van der Waals surface area (Å²) in [5, 5.41) is 0. The Kier molecular flexibility index (Phi) is 5.32. The first kappa shape index (κ1) is 13.0. The van der Waals surface area contributed by atoms with Crippen molar-refractivity contribution >= 4 is 21.9 Å². The molecule has 0 radical (unpaired) electrons. The largest absolute Gasteiger partial charge is 0.494 e. The van der Waals surface area contributed by atoms with Gasteiger partial charge in [-0.15, -0.1) is 0 Å². The number of hydrogen-bond acceptors (Lipinski definition) is 3. The SMILES string of the molecule is CCCOc1ccc(C(Br)C(=O)OC)cc1. The molecule has 1 aromatic rings. The van der Waals surface area contributed by atoms with Gasteiger partial charge in [-0.05, 0) is 24.1 Å². The summed E-state index contributed by atoms with van der Waals surface area (Å²) in [6.45, 7) is 2.76. The lowest BCUT2D eigenvalue weighted by molar-refractivity contribution is -0.139. The van der Waals surface area contributed by atoms with Crippen molar-refractivity contribution in [3.63, 3.8) is 0 Å². The van der Waals surface area contributed by atoms with Crippen molar-refractivity contribution in [2.75, 3.05) is 13.7 Å². The number of esters is 1. The van der Waals surface area contributed by atoms with Gasteiger partial charge < -0.3 is 9.47 Å². The van der Waals surface area contributed by atoms with E-state index in [1.807, 2.05) is 24.3 Å². The summed E-state index contributed by atoms with van der Waals surface area (Å²) in [5.41, 5.74) is 0.857. The van der Waals surface area contributed by atoms with Gasteiger partial charge in [0.25, 0.3) is 0 Å². The highest BCUT2D eigenvalue weighted by Gasteiger charge is 2.17. The standard InChI is InChI=1S/C12H15BrO3/c1-3-8-16-10-6-4-9(5-7-10)11(13)12(14)15-2/h4-7,11H,3,8H2,1-2H3. The van der Waals surface area contributed by atoms with Crippen LogP contribution in [0.4, 0.5) is 0 Å². The van der Waals surface area contributed by atoms with Crippen LogP contribution in [0.5, 0.6) is 5.75 Å². The van der Waals surface area contributed by atoms with E-state index in [0.717, 1.165) is 17.7 Å². The van der Waals surface area contributed by atoms with E-state index in [2.05, 4.69) is 27.6 Å². The third-order valence-corrected chi connectivity index (χ3v) is 2.96. The van der Waals surface area contributed by atoms with Crippen molar-refractivity contribution in [3.05, 3.63) is 29.8 Å². The predicted octanol–water partition coefficient (Wildman–Crippen LogP) is 3.08. The van der Waals surface area contributed by atoms with E-state index in [0.29, 0.717) is 6.61 Å². The van der Waals surface area contributed by atoms with Crippen molar-refractivity contribution in [1.82, 2.24) is 0 Å². The zero-order valence-electron chi connectivity index (χ0n) is 9.40. The molecule has 0 saturated heterocycles. The van der Waals surface area contributed by atoms with Gasteiger partial charge in [0.2, 0.25) is 0 Å². The van der Waals surface area contributed by atoms with Crippen LogP contribution in [-0.4, -0.2) is 19.7 Å². The first-order valence-corrected chi connectivity index (χ1v) is 6.05. The first-order chi connectivity index (χ1) is 7.69. The fourth-order valence-corrected chi connectivity index (χ4v) is 1.68. The Bertz CT molecular complexity index is 335. The van der Waals surface area contributed by atoms with Crippen LogP contribution in [0.2, 0.25) is 0 Å². The molecule has 88 valence electrons. The fourth-order valence-electron chi connectivity index (χ4n) is 1.19. The number of hydrogen-bond donors (Lipinski definition) is 0. The van der Waals surface area contributed by atoms with E-state index in [9.17, 15) is 4.79 Å². The zero-order valence-corrected chi connectivity index (χ0v) is 11.0. The molecule has 0 aliphatic rings. The highest BCUT2D eigenvalue weighted by atomic mass is 79.9. The lowest BCUT2D eigenvalue weighted by atomic mass is 10.1. The van der Waals surface area contributed by atoms with E-state index in [1.54, 1.807) is 0 Å². The highest BCUT2D eigenvalue weighted by molar-refractivity contribution is 9.09. The number of alkyl halides is 1. The van der Waals surface area contributed by atoms with Gasteiger partial charge in [-0.3, -0.25) is 4.79 Å². The lowest BCUT2D eigenvalue weighted by Crippen LogP contribution is -2.08. The Morgan fingerprint density at radius 2 is 2.00 bits per heavy atom. The maximum atomic E-state index is 11.3. The van der Waals surface area contributed by atoms with Gasteiger partial charge in [0.1, 0.15) is 10.6 Å². The topological polar surface area (TPSA) is 35.5 Å². The van der Waals surface area contributed by atoms with Gasteiger partial charge in [0.05, 0.1) is 13.7 Å². The van der Waals surface area contributed by atoms with E-state index in [1.165, 1.54) is 7.11 Å². The van der Waals surface area contributed by atoms with Crippen molar-refractivity contribution in [2.24, 2.45) is 0 Å². The molecule has 0 aromatic heterocycles. The summed E-state index contributed by atoms with van der Waals surface area (Å²) in [6.07, 6.45) is 0.977. The Hall–Kier alpha value is -1.03. The van der Waals surface area contributed by atoms with E-state index in [-0.39, 0.29) is 5.97 Å². The lowest BCUT2D eigenvalue weighted by Gasteiger charge is -2.09. The minimum absolute atomic E-state index is 0.303. The molecule has 3 nitrogen and oxygen atoms in total. The van der Waals surface area contributed by atoms with Crippen molar-refractivity contribution in [1.29, 1.82) is 0 Å². The third-order valence-electron chi connectivity index (χ3n) is 2.05. The number of ether oxygens (including phenoxy) is 2. The van der Waals surface area contributed by atoms with Crippen molar-refractivity contribution in [2.45, 2.75) is 18.2 Å². The van der Waals surface area contributed by atoms with Gasteiger partial charge >= 0.3 is 5.97 Å². The molecule has 0 amide bonds.